The Morgan fingerprint density at radius 2 is 1.78 bits per heavy atom. The molecule has 0 amide bonds. The van der Waals surface area contributed by atoms with Crippen LogP contribution in [0.3, 0.4) is 0 Å². The van der Waals surface area contributed by atoms with E-state index in [1.54, 1.807) is 17.7 Å². The molecule has 4 nitrogen and oxygen atoms in total. The van der Waals surface area contributed by atoms with Crippen molar-refractivity contribution >= 4 is 28.7 Å². The van der Waals surface area contributed by atoms with E-state index >= 15 is 0 Å². The molecule has 0 fully saturated rings. The molecule has 140 valence electrons. The average molecular weight is 390 g/mol. The number of rotatable bonds is 4. The zero-order valence-corrected chi connectivity index (χ0v) is 15.5. The van der Waals surface area contributed by atoms with Crippen LogP contribution in [0.5, 0.6) is 0 Å². The van der Waals surface area contributed by atoms with Gasteiger partial charge < -0.3 is 10.6 Å². The van der Waals surface area contributed by atoms with Crippen molar-refractivity contribution in [3.63, 3.8) is 0 Å². The maximum Gasteiger partial charge on any atom is 0.175 e. The van der Waals surface area contributed by atoms with Crippen LogP contribution < -0.4 is 10.6 Å². The molecule has 0 bridgehead atoms. The fourth-order valence-corrected chi connectivity index (χ4v) is 2.91. The Hall–Kier alpha value is -2.87. The van der Waals surface area contributed by atoms with Gasteiger partial charge in [0.15, 0.2) is 5.11 Å². The van der Waals surface area contributed by atoms with Gasteiger partial charge in [0, 0.05) is 6.07 Å². The van der Waals surface area contributed by atoms with Gasteiger partial charge >= 0.3 is 0 Å². The van der Waals surface area contributed by atoms with E-state index in [1.165, 1.54) is 18.2 Å². The quantitative estimate of drug-likeness (QED) is 0.630. The Morgan fingerprint density at radius 3 is 2.48 bits per heavy atom. The summed E-state index contributed by atoms with van der Waals surface area (Å²) in [6, 6.07) is 9.48. The van der Waals surface area contributed by atoms with Crippen LogP contribution in [0.25, 0.3) is 0 Å². The number of hydrogen-bond acceptors (Lipinski definition) is 2. The van der Waals surface area contributed by atoms with Crippen LogP contribution in [0.1, 0.15) is 17.0 Å². The van der Waals surface area contributed by atoms with E-state index in [0.29, 0.717) is 17.9 Å². The van der Waals surface area contributed by atoms with Crippen molar-refractivity contribution in [2.24, 2.45) is 0 Å². The highest BCUT2D eigenvalue weighted by molar-refractivity contribution is 7.80. The van der Waals surface area contributed by atoms with Crippen LogP contribution in [0.15, 0.2) is 42.5 Å². The fourth-order valence-electron chi connectivity index (χ4n) is 2.70. The Kier molecular flexibility index (Phi) is 5.46. The van der Waals surface area contributed by atoms with Crippen LogP contribution in [0, 0.1) is 31.3 Å². The molecular formula is C19H17F3N4S. The van der Waals surface area contributed by atoms with Crippen molar-refractivity contribution in [1.82, 2.24) is 9.78 Å². The lowest BCUT2D eigenvalue weighted by atomic mass is 10.2. The third kappa shape index (κ3) is 4.46. The first kappa shape index (κ1) is 18.9. The smallest absolute Gasteiger partial charge is 0.175 e. The molecule has 0 atom stereocenters. The summed E-state index contributed by atoms with van der Waals surface area (Å²) in [6.45, 7) is 4.06. The SMILES string of the molecule is Cc1nn(Cc2cccc(F)c2)c(C)c1NC(=S)Nc1ccc(F)cc1F. The van der Waals surface area contributed by atoms with Gasteiger partial charge in [-0.2, -0.15) is 5.10 Å². The van der Waals surface area contributed by atoms with Crippen LogP contribution in [0.2, 0.25) is 0 Å². The molecule has 2 aromatic carbocycles. The molecule has 0 aliphatic rings. The van der Waals surface area contributed by atoms with Gasteiger partial charge in [0.1, 0.15) is 17.5 Å². The highest BCUT2D eigenvalue weighted by Gasteiger charge is 2.14. The Bertz CT molecular complexity index is 1000. The molecule has 0 aliphatic carbocycles. The van der Waals surface area contributed by atoms with Crippen molar-refractivity contribution in [2.75, 3.05) is 10.6 Å². The molecule has 0 radical (unpaired) electrons. The maximum atomic E-state index is 13.8. The van der Waals surface area contributed by atoms with Crippen molar-refractivity contribution in [3.05, 3.63) is 76.9 Å². The number of nitrogens with zero attached hydrogens (tertiary/aromatic N) is 2. The van der Waals surface area contributed by atoms with Crippen molar-refractivity contribution in [3.8, 4) is 0 Å². The third-order valence-corrected chi connectivity index (χ3v) is 4.22. The molecule has 3 aromatic rings. The van der Waals surface area contributed by atoms with E-state index in [9.17, 15) is 13.2 Å². The van der Waals surface area contributed by atoms with Crippen molar-refractivity contribution < 1.29 is 13.2 Å². The summed E-state index contributed by atoms with van der Waals surface area (Å²) in [5.74, 6) is -1.71. The number of aryl methyl sites for hydroxylation is 1. The second-order valence-corrected chi connectivity index (χ2v) is 6.44. The molecule has 0 saturated heterocycles. The Morgan fingerprint density at radius 1 is 1.04 bits per heavy atom. The molecule has 3 rings (SSSR count). The second kappa shape index (κ2) is 7.79. The first-order chi connectivity index (χ1) is 12.8. The highest BCUT2D eigenvalue weighted by atomic mass is 32.1. The maximum absolute atomic E-state index is 13.8. The van der Waals surface area contributed by atoms with Gasteiger partial charge in [-0.15, -0.1) is 0 Å². The molecule has 0 aliphatic heterocycles. The van der Waals surface area contributed by atoms with Gasteiger partial charge in [-0.3, -0.25) is 4.68 Å². The first-order valence-electron chi connectivity index (χ1n) is 8.15. The van der Waals surface area contributed by atoms with Gasteiger partial charge in [0.25, 0.3) is 0 Å². The summed E-state index contributed by atoms with van der Waals surface area (Å²) in [5.41, 5.74) is 3.00. The normalized spacial score (nSPS) is 10.7. The topological polar surface area (TPSA) is 41.9 Å². The van der Waals surface area contributed by atoms with E-state index in [2.05, 4.69) is 15.7 Å². The van der Waals surface area contributed by atoms with Crippen LogP contribution in [-0.4, -0.2) is 14.9 Å². The molecule has 0 saturated carbocycles. The summed E-state index contributed by atoms with van der Waals surface area (Å²) in [5, 5.41) is 10.3. The Balaban J connectivity index is 1.75. The molecule has 0 unspecified atom stereocenters. The van der Waals surface area contributed by atoms with Gasteiger partial charge in [0.2, 0.25) is 0 Å². The van der Waals surface area contributed by atoms with E-state index in [-0.39, 0.29) is 16.6 Å². The predicted molar refractivity (Wildman–Crippen MR) is 103 cm³/mol. The van der Waals surface area contributed by atoms with Gasteiger partial charge in [-0.1, -0.05) is 12.1 Å². The number of thiocarbonyl (C=S) groups is 1. The summed E-state index contributed by atoms with van der Waals surface area (Å²) in [4.78, 5) is 0. The average Bonchev–Trinajstić information content (AvgIpc) is 2.85. The molecule has 8 heteroatoms. The largest absolute Gasteiger partial charge is 0.330 e. The predicted octanol–water partition coefficient (Wildman–Crippen LogP) is 4.77. The van der Waals surface area contributed by atoms with Crippen molar-refractivity contribution in [2.45, 2.75) is 20.4 Å². The standard InChI is InChI=1S/C19H17F3N4S/c1-11-18(24-19(27)23-17-7-6-15(21)9-16(17)22)12(2)26(25-11)10-13-4-3-5-14(20)8-13/h3-9H,10H2,1-2H3,(H2,23,24,27). The molecule has 2 N–H and O–H groups in total. The van der Waals surface area contributed by atoms with Crippen LogP contribution in [-0.2, 0) is 6.54 Å². The van der Waals surface area contributed by atoms with Crippen molar-refractivity contribution in [1.29, 1.82) is 0 Å². The van der Waals surface area contributed by atoms with Gasteiger partial charge in [0.05, 0.1) is 29.3 Å². The molecule has 1 aromatic heterocycles. The first-order valence-corrected chi connectivity index (χ1v) is 8.56. The minimum atomic E-state index is -0.741. The summed E-state index contributed by atoms with van der Waals surface area (Å²) < 4.78 is 41.8. The Labute approximate surface area is 160 Å². The molecule has 0 spiro atoms. The second-order valence-electron chi connectivity index (χ2n) is 6.04. The molecule has 1 heterocycles. The summed E-state index contributed by atoms with van der Waals surface area (Å²) in [7, 11) is 0. The summed E-state index contributed by atoms with van der Waals surface area (Å²) in [6.07, 6.45) is 0. The zero-order valence-electron chi connectivity index (χ0n) is 14.7. The number of halogens is 3. The lowest BCUT2D eigenvalue weighted by Gasteiger charge is -2.12. The molecular weight excluding hydrogens is 373 g/mol. The van der Waals surface area contributed by atoms with E-state index in [1.807, 2.05) is 13.0 Å². The monoisotopic (exact) mass is 390 g/mol. The fraction of sp³-hybridized carbons (Fsp3) is 0.158. The van der Waals surface area contributed by atoms with Gasteiger partial charge in [-0.25, -0.2) is 13.2 Å². The number of anilines is 2. The van der Waals surface area contributed by atoms with E-state index < -0.39 is 11.6 Å². The summed E-state index contributed by atoms with van der Waals surface area (Å²) >= 11 is 5.22. The number of aromatic nitrogens is 2. The number of benzene rings is 2. The lowest BCUT2D eigenvalue weighted by Crippen LogP contribution is -2.20. The van der Waals surface area contributed by atoms with E-state index in [0.717, 1.165) is 23.4 Å². The minimum absolute atomic E-state index is 0.0661. The van der Waals surface area contributed by atoms with E-state index in [4.69, 9.17) is 12.2 Å². The van der Waals surface area contributed by atoms with Crippen LogP contribution >= 0.6 is 12.2 Å². The number of hydrogen-bond donors (Lipinski definition) is 2. The lowest BCUT2D eigenvalue weighted by molar-refractivity contribution is 0.586. The third-order valence-electron chi connectivity index (χ3n) is 4.02. The molecule has 27 heavy (non-hydrogen) atoms. The minimum Gasteiger partial charge on any atom is -0.330 e. The zero-order chi connectivity index (χ0) is 19.6. The number of nitrogens with one attached hydrogen (secondary N) is 2. The van der Waals surface area contributed by atoms with Crippen LogP contribution in [0.4, 0.5) is 24.5 Å². The highest BCUT2D eigenvalue weighted by Crippen LogP contribution is 2.22. The van der Waals surface area contributed by atoms with Gasteiger partial charge in [-0.05, 0) is 55.9 Å².